The third-order valence-corrected chi connectivity index (χ3v) is 7.63. The van der Waals surface area contributed by atoms with Crippen molar-refractivity contribution in [3.8, 4) is 0 Å². The SMILES string of the molecule is CC1(N)CCC(C(C)(C)N)CC1.NC1CCC(CC2CCC(N)CC2)CC1. The van der Waals surface area contributed by atoms with Crippen molar-refractivity contribution in [2.24, 2.45) is 40.7 Å². The van der Waals surface area contributed by atoms with E-state index in [1.165, 1.54) is 70.6 Å². The zero-order chi connectivity index (χ0) is 20.1. The Morgan fingerprint density at radius 1 is 0.741 bits per heavy atom. The first-order valence-corrected chi connectivity index (χ1v) is 11.6. The average Bonchev–Trinajstić information content (AvgIpc) is 2.58. The maximum Gasteiger partial charge on any atom is 0.0126 e. The molecule has 3 saturated carbocycles. The van der Waals surface area contributed by atoms with Crippen LogP contribution in [0.15, 0.2) is 0 Å². The first kappa shape index (κ1) is 23.1. The van der Waals surface area contributed by atoms with Crippen LogP contribution in [0.2, 0.25) is 0 Å². The molecule has 0 heterocycles. The van der Waals surface area contributed by atoms with Gasteiger partial charge in [-0.05, 0) is 122 Å². The Morgan fingerprint density at radius 2 is 1.11 bits per heavy atom. The summed E-state index contributed by atoms with van der Waals surface area (Å²) in [5.41, 5.74) is 24.0. The molecule has 0 aromatic heterocycles. The zero-order valence-electron chi connectivity index (χ0n) is 18.4. The van der Waals surface area contributed by atoms with Gasteiger partial charge in [-0.15, -0.1) is 0 Å². The molecule has 3 aliphatic carbocycles. The van der Waals surface area contributed by atoms with Gasteiger partial charge in [0.15, 0.2) is 0 Å². The summed E-state index contributed by atoms with van der Waals surface area (Å²) in [4.78, 5) is 0. The molecule has 0 atom stereocenters. The molecule has 0 saturated heterocycles. The van der Waals surface area contributed by atoms with Crippen molar-refractivity contribution in [1.29, 1.82) is 0 Å². The van der Waals surface area contributed by atoms with Gasteiger partial charge >= 0.3 is 0 Å². The van der Waals surface area contributed by atoms with Crippen molar-refractivity contribution in [3.05, 3.63) is 0 Å². The minimum Gasteiger partial charge on any atom is -0.328 e. The molecule has 27 heavy (non-hydrogen) atoms. The quantitative estimate of drug-likeness (QED) is 0.593. The minimum absolute atomic E-state index is 0.0174. The lowest BCUT2D eigenvalue weighted by molar-refractivity contribution is 0.185. The monoisotopic (exact) mass is 380 g/mol. The summed E-state index contributed by atoms with van der Waals surface area (Å²) in [7, 11) is 0. The van der Waals surface area contributed by atoms with Crippen molar-refractivity contribution in [1.82, 2.24) is 0 Å². The van der Waals surface area contributed by atoms with Gasteiger partial charge in [-0.3, -0.25) is 0 Å². The molecule has 0 bridgehead atoms. The first-order valence-electron chi connectivity index (χ1n) is 11.6. The number of rotatable bonds is 3. The van der Waals surface area contributed by atoms with Gasteiger partial charge in [-0.25, -0.2) is 0 Å². The predicted molar refractivity (Wildman–Crippen MR) is 117 cm³/mol. The van der Waals surface area contributed by atoms with Crippen LogP contribution in [0.4, 0.5) is 0 Å². The van der Waals surface area contributed by atoms with Crippen LogP contribution in [0.3, 0.4) is 0 Å². The number of nitrogens with two attached hydrogens (primary N) is 4. The van der Waals surface area contributed by atoms with E-state index in [0.717, 1.165) is 24.7 Å². The molecule has 0 aromatic rings. The lowest BCUT2D eigenvalue weighted by atomic mass is 9.71. The third kappa shape index (κ3) is 8.39. The van der Waals surface area contributed by atoms with Crippen molar-refractivity contribution in [2.45, 2.75) is 127 Å². The molecule has 0 unspecified atom stereocenters. The Balaban J connectivity index is 0.000000199. The molecule has 3 rings (SSSR count). The second-order valence-corrected chi connectivity index (χ2v) is 11.0. The van der Waals surface area contributed by atoms with Gasteiger partial charge in [0.05, 0.1) is 0 Å². The molecule has 0 aromatic carbocycles. The summed E-state index contributed by atoms with van der Waals surface area (Å²) in [6, 6.07) is 1.00. The van der Waals surface area contributed by atoms with Crippen LogP contribution >= 0.6 is 0 Å². The van der Waals surface area contributed by atoms with Crippen molar-refractivity contribution in [2.75, 3.05) is 0 Å². The van der Waals surface area contributed by atoms with E-state index in [1.807, 2.05) is 0 Å². The number of hydrogen-bond acceptors (Lipinski definition) is 4. The second kappa shape index (κ2) is 10.0. The molecule has 0 spiro atoms. The molecule has 0 radical (unpaired) electrons. The van der Waals surface area contributed by atoms with E-state index in [-0.39, 0.29) is 11.1 Å². The molecule has 0 amide bonds. The topological polar surface area (TPSA) is 104 Å². The Morgan fingerprint density at radius 3 is 1.44 bits per heavy atom. The fourth-order valence-electron chi connectivity index (χ4n) is 5.34. The first-order chi connectivity index (χ1) is 12.5. The molecule has 4 heteroatoms. The molecule has 3 aliphatic rings. The van der Waals surface area contributed by atoms with Crippen LogP contribution in [0.1, 0.15) is 104 Å². The van der Waals surface area contributed by atoms with Gasteiger partial charge in [0, 0.05) is 23.2 Å². The molecule has 8 N–H and O–H groups in total. The lowest BCUT2D eigenvalue weighted by Gasteiger charge is -2.40. The van der Waals surface area contributed by atoms with Crippen LogP contribution < -0.4 is 22.9 Å². The molecular formula is C23H48N4. The van der Waals surface area contributed by atoms with E-state index in [0.29, 0.717) is 18.0 Å². The summed E-state index contributed by atoms with van der Waals surface area (Å²) >= 11 is 0. The highest BCUT2D eigenvalue weighted by Gasteiger charge is 2.33. The standard InChI is InChI=1S/C13H26N2.C10H22N2/c14-12-5-1-10(2-6-12)9-11-3-7-13(15)8-4-11;1-9(2,11)8-4-6-10(3,12)7-5-8/h10-13H,1-9,14-15H2;8H,4-7,11-12H2,1-3H3. The Labute approximate surface area is 168 Å². The van der Waals surface area contributed by atoms with E-state index in [9.17, 15) is 0 Å². The molecule has 3 fully saturated rings. The summed E-state index contributed by atoms with van der Waals surface area (Å²) in [6.45, 7) is 6.39. The van der Waals surface area contributed by atoms with Gasteiger partial charge in [0.2, 0.25) is 0 Å². The largest absolute Gasteiger partial charge is 0.328 e. The maximum atomic E-state index is 6.06. The summed E-state index contributed by atoms with van der Waals surface area (Å²) in [5.74, 6) is 2.61. The van der Waals surface area contributed by atoms with Crippen LogP contribution in [0, 0.1) is 17.8 Å². The highest BCUT2D eigenvalue weighted by atomic mass is 14.8. The molecular weight excluding hydrogens is 332 g/mol. The van der Waals surface area contributed by atoms with Crippen LogP contribution in [-0.4, -0.2) is 23.2 Å². The van der Waals surface area contributed by atoms with Gasteiger partial charge in [-0.1, -0.05) is 0 Å². The van der Waals surface area contributed by atoms with Crippen molar-refractivity contribution >= 4 is 0 Å². The van der Waals surface area contributed by atoms with Crippen LogP contribution in [-0.2, 0) is 0 Å². The van der Waals surface area contributed by atoms with E-state index in [2.05, 4.69) is 20.8 Å². The predicted octanol–water partition coefficient (Wildman–Crippen LogP) is 4.04. The molecule has 4 nitrogen and oxygen atoms in total. The fraction of sp³-hybridized carbons (Fsp3) is 1.00. The molecule has 0 aliphatic heterocycles. The maximum absolute atomic E-state index is 6.06. The van der Waals surface area contributed by atoms with Gasteiger partial charge in [-0.2, -0.15) is 0 Å². The zero-order valence-corrected chi connectivity index (χ0v) is 18.4. The lowest BCUT2D eigenvalue weighted by Crippen LogP contribution is -2.48. The van der Waals surface area contributed by atoms with Gasteiger partial charge in [0.1, 0.15) is 0 Å². The second-order valence-electron chi connectivity index (χ2n) is 11.0. The average molecular weight is 381 g/mol. The highest BCUT2D eigenvalue weighted by Crippen LogP contribution is 2.35. The van der Waals surface area contributed by atoms with Gasteiger partial charge in [0.25, 0.3) is 0 Å². The highest BCUT2D eigenvalue weighted by molar-refractivity contribution is 4.92. The summed E-state index contributed by atoms with van der Waals surface area (Å²) in [6.07, 6.45) is 16.6. The Bertz CT molecular complexity index is 383. The van der Waals surface area contributed by atoms with E-state index < -0.39 is 0 Å². The van der Waals surface area contributed by atoms with E-state index in [4.69, 9.17) is 22.9 Å². The normalized spacial score (nSPS) is 40.8. The third-order valence-electron chi connectivity index (χ3n) is 7.63. The fourth-order valence-corrected chi connectivity index (χ4v) is 5.34. The number of hydrogen-bond donors (Lipinski definition) is 4. The minimum atomic E-state index is -0.0174. The van der Waals surface area contributed by atoms with Crippen LogP contribution in [0.5, 0.6) is 0 Å². The van der Waals surface area contributed by atoms with Crippen molar-refractivity contribution < 1.29 is 0 Å². The van der Waals surface area contributed by atoms with Crippen molar-refractivity contribution in [3.63, 3.8) is 0 Å². The summed E-state index contributed by atoms with van der Waals surface area (Å²) in [5, 5.41) is 0. The Hall–Kier alpha value is -0.160. The van der Waals surface area contributed by atoms with Gasteiger partial charge < -0.3 is 22.9 Å². The smallest absolute Gasteiger partial charge is 0.0126 e. The van der Waals surface area contributed by atoms with E-state index >= 15 is 0 Å². The van der Waals surface area contributed by atoms with Crippen LogP contribution in [0.25, 0.3) is 0 Å². The Kier molecular flexibility index (Phi) is 8.60. The molecule has 160 valence electrons. The van der Waals surface area contributed by atoms with E-state index in [1.54, 1.807) is 0 Å². The summed E-state index contributed by atoms with van der Waals surface area (Å²) < 4.78 is 0.